The highest BCUT2D eigenvalue weighted by atomic mass is 35.5. The van der Waals surface area contributed by atoms with Crippen LogP contribution in [-0.2, 0) is 27.9 Å². The van der Waals surface area contributed by atoms with Gasteiger partial charge in [0.15, 0.2) is 0 Å². The lowest BCUT2D eigenvalue weighted by atomic mass is 10.2. The Kier molecular flexibility index (Phi) is 7.89. The number of sulfonamides is 1. The van der Waals surface area contributed by atoms with Crippen LogP contribution in [-0.4, -0.2) is 24.1 Å². The second kappa shape index (κ2) is 10.6. The summed E-state index contributed by atoms with van der Waals surface area (Å²) in [6.07, 6.45) is 6.40. The Hall–Kier alpha value is -2.88. The van der Waals surface area contributed by atoms with Gasteiger partial charge in [-0.25, -0.2) is 13.1 Å². The molecule has 1 aromatic carbocycles. The second-order valence-electron chi connectivity index (χ2n) is 7.12. The maximum absolute atomic E-state index is 12.5. The molecule has 0 aliphatic carbocycles. The number of anilines is 1. The summed E-state index contributed by atoms with van der Waals surface area (Å²) < 4.78 is 34.4. The van der Waals surface area contributed by atoms with Crippen molar-refractivity contribution < 1.29 is 17.6 Å². The molecule has 0 aliphatic rings. The molecule has 1 amide bonds. The molecule has 0 saturated heterocycles. The Labute approximate surface area is 192 Å². The van der Waals surface area contributed by atoms with Crippen LogP contribution in [0.2, 0.25) is 5.15 Å². The number of furan rings is 1. The number of nitrogens with zero attached hydrogens (tertiary/aromatic N) is 2. The Balaban J connectivity index is 1.66. The lowest BCUT2D eigenvalue weighted by molar-refractivity contribution is -0.111. The van der Waals surface area contributed by atoms with Crippen molar-refractivity contribution >= 4 is 39.3 Å². The SMILES string of the molecule is CCCCn1nc(C)c(/C=C/C(=O)Nc2cccc(S(=O)(=O)NCc3ccco3)c2)c1Cl. The molecule has 2 aromatic heterocycles. The highest BCUT2D eigenvalue weighted by molar-refractivity contribution is 7.89. The van der Waals surface area contributed by atoms with Crippen molar-refractivity contribution in [2.45, 2.75) is 44.7 Å². The molecule has 3 aromatic rings. The summed E-state index contributed by atoms with van der Waals surface area (Å²) in [5, 5.41) is 7.56. The van der Waals surface area contributed by atoms with Crippen molar-refractivity contribution in [3.05, 3.63) is 70.9 Å². The quantitative estimate of drug-likeness (QED) is 0.422. The van der Waals surface area contributed by atoms with E-state index in [9.17, 15) is 13.2 Å². The summed E-state index contributed by atoms with van der Waals surface area (Å²) in [5.74, 6) is 0.0787. The largest absolute Gasteiger partial charge is 0.468 e. The molecule has 0 unspecified atom stereocenters. The number of aromatic nitrogens is 2. The van der Waals surface area contributed by atoms with E-state index in [0.29, 0.717) is 28.7 Å². The summed E-state index contributed by atoms with van der Waals surface area (Å²) in [6.45, 7) is 4.66. The number of rotatable bonds is 10. The van der Waals surface area contributed by atoms with E-state index in [0.717, 1.165) is 18.5 Å². The van der Waals surface area contributed by atoms with Crippen molar-refractivity contribution in [2.75, 3.05) is 5.32 Å². The number of benzene rings is 1. The van der Waals surface area contributed by atoms with Crippen molar-refractivity contribution in [1.29, 1.82) is 0 Å². The van der Waals surface area contributed by atoms with Crippen molar-refractivity contribution in [1.82, 2.24) is 14.5 Å². The summed E-state index contributed by atoms with van der Waals surface area (Å²) in [6, 6.07) is 9.35. The molecule has 0 atom stereocenters. The van der Waals surface area contributed by atoms with Gasteiger partial charge in [-0.2, -0.15) is 5.10 Å². The van der Waals surface area contributed by atoms with E-state index in [4.69, 9.17) is 16.0 Å². The smallest absolute Gasteiger partial charge is 0.248 e. The number of halogens is 1. The van der Waals surface area contributed by atoms with Gasteiger partial charge in [-0.3, -0.25) is 9.48 Å². The van der Waals surface area contributed by atoms with Crippen LogP contribution in [0.5, 0.6) is 0 Å². The van der Waals surface area contributed by atoms with E-state index < -0.39 is 15.9 Å². The zero-order valence-electron chi connectivity index (χ0n) is 17.8. The van der Waals surface area contributed by atoms with Crippen molar-refractivity contribution in [2.24, 2.45) is 0 Å². The second-order valence-corrected chi connectivity index (χ2v) is 9.25. The fourth-order valence-corrected chi connectivity index (χ4v) is 4.32. The van der Waals surface area contributed by atoms with Gasteiger partial charge in [-0.15, -0.1) is 0 Å². The lowest BCUT2D eigenvalue weighted by Crippen LogP contribution is -2.23. The normalized spacial score (nSPS) is 11.8. The highest BCUT2D eigenvalue weighted by Gasteiger charge is 2.15. The van der Waals surface area contributed by atoms with Gasteiger partial charge >= 0.3 is 0 Å². The number of amides is 1. The predicted molar refractivity (Wildman–Crippen MR) is 124 cm³/mol. The summed E-state index contributed by atoms with van der Waals surface area (Å²) in [5.41, 5.74) is 1.75. The summed E-state index contributed by atoms with van der Waals surface area (Å²) in [7, 11) is -3.77. The van der Waals surface area contributed by atoms with Crippen LogP contribution in [0.4, 0.5) is 5.69 Å². The first-order valence-corrected chi connectivity index (χ1v) is 12.0. The number of nitrogens with one attached hydrogen (secondary N) is 2. The zero-order valence-corrected chi connectivity index (χ0v) is 19.4. The van der Waals surface area contributed by atoms with Crippen molar-refractivity contribution in [3.63, 3.8) is 0 Å². The molecule has 0 aliphatic heterocycles. The van der Waals surface area contributed by atoms with Gasteiger partial charge < -0.3 is 9.73 Å². The number of hydrogen-bond donors (Lipinski definition) is 2. The maximum atomic E-state index is 12.5. The molecule has 2 N–H and O–H groups in total. The van der Waals surface area contributed by atoms with Crippen LogP contribution < -0.4 is 10.0 Å². The van der Waals surface area contributed by atoms with Gasteiger partial charge in [0.05, 0.1) is 23.4 Å². The van der Waals surface area contributed by atoms with E-state index in [1.54, 1.807) is 35.0 Å². The molecule has 3 rings (SSSR count). The first-order chi connectivity index (χ1) is 15.3. The van der Waals surface area contributed by atoms with Crippen LogP contribution in [0, 0.1) is 6.92 Å². The highest BCUT2D eigenvalue weighted by Crippen LogP contribution is 2.22. The topological polar surface area (TPSA) is 106 Å². The molecule has 0 radical (unpaired) electrons. The van der Waals surface area contributed by atoms with Gasteiger partial charge in [0.25, 0.3) is 0 Å². The van der Waals surface area contributed by atoms with E-state index in [1.165, 1.54) is 24.5 Å². The molecule has 0 bridgehead atoms. The minimum atomic E-state index is -3.77. The third kappa shape index (κ3) is 6.09. The molecular weight excluding hydrogens is 452 g/mol. The Bertz CT molecular complexity index is 1200. The molecule has 8 nitrogen and oxygen atoms in total. The Morgan fingerprint density at radius 2 is 2.09 bits per heavy atom. The van der Waals surface area contributed by atoms with Crippen LogP contribution in [0.15, 0.2) is 58.1 Å². The van der Waals surface area contributed by atoms with Gasteiger partial charge in [0.1, 0.15) is 10.9 Å². The molecule has 0 saturated carbocycles. The van der Waals surface area contributed by atoms with Gasteiger partial charge in [0.2, 0.25) is 15.9 Å². The zero-order chi connectivity index (χ0) is 23.1. The van der Waals surface area contributed by atoms with Crippen LogP contribution in [0.25, 0.3) is 6.08 Å². The van der Waals surface area contributed by atoms with Crippen LogP contribution >= 0.6 is 11.6 Å². The summed E-state index contributed by atoms with van der Waals surface area (Å²) >= 11 is 6.38. The summed E-state index contributed by atoms with van der Waals surface area (Å²) in [4.78, 5) is 12.4. The van der Waals surface area contributed by atoms with Crippen LogP contribution in [0.3, 0.4) is 0 Å². The van der Waals surface area contributed by atoms with E-state index in [2.05, 4.69) is 22.1 Å². The fourth-order valence-electron chi connectivity index (χ4n) is 2.96. The van der Waals surface area contributed by atoms with Crippen molar-refractivity contribution in [3.8, 4) is 0 Å². The number of hydrogen-bond acceptors (Lipinski definition) is 5. The van der Waals surface area contributed by atoms with Gasteiger partial charge in [-0.05, 0) is 49.8 Å². The number of unbranched alkanes of at least 4 members (excludes halogenated alkanes) is 1. The third-order valence-electron chi connectivity index (χ3n) is 4.66. The van der Waals surface area contributed by atoms with Gasteiger partial charge in [0, 0.05) is 23.9 Å². The first-order valence-electron chi connectivity index (χ1n) is 10.1. The fraction of sp³-hybridized carbons (Fsp3) is 0.273. The molecule has 2 heterocycles. The lowest BCUT2D eigenvalue weighted by Gasteiger charge is -2.08. The van der Waals surface area contributed by atoms with E-state index in [-0.39, 0.29) is 11.4 Å². The molecule has 170 valence electrons. The average molecular weight is 477 g/mol. The van der Waals surface area contributed by atoms with Crippen LogP contribution in [0.1, 0.15) is 36.8 Å². The Morgan fingerprint density at radius 3 is 2.81 bits per heavy atom. The monoisotopic (exact) mass is 476 g/mol. The third-order valence-corrected chi connectivity index (χ3v) is 6.46. The van der Waals surface area contributed by atoms with Gasteiger partial charge in [-0.1, -0.05) is 31.0 Å². The predicted octanol–water partition coefficient (Wildman–Crippen LogP) is 4.37. The standard InChI is InChI=1S/C22H25ClN4O4S/c1-3-4-12-27-22(23)20(16(2)26-27)10-11-21(28)25-17-7-5-9-19(14-17)32(29,30)24-15-18-8-6-13-31-18/h5-11,13-14,24H,3-4,12,15H2,1-2H3,(H,25,28)/b11-10+. The number of carbonyl (C=O) groups is 1. The Morgan fingerprint density at radius 1 is 1.28 bits per heavy atom. The molecule has 32 heavy (non-hydrogen) atoms. The molecule has 0 fully saturated rings. The average Bonchev–Trinajstić information content (AvgIpc) is 3.38. The first kappa shape index (κ1) is 23.8. The van der Waals surface area contributed by atoms with E-state index in [1.807, 2.05) is 6.92 Å². The molecular formula is C22H25ClN4O4S. The minimum absolute atomic E-state index is 0.0285. The minimum Gasteiger partial charge on any atom is -0.468 e. The molecule has 10 heteroatoms. The maximum Gasteiger partial charge on any atom is 0.248 e. The van der Waals surface area contributed by atoms with E-state index >= 15 is 0 Å². The molecule has 0 spiro atoms. The number of aryl methyl sites for hydroxylation is 2. The number of carbonyl (C=O) groups excluding carboxylic acids is 1.